The second-order valence-electron chi connectivity index (χ2n) is 12.9. The van der Waals surface area contributed by atoms with Gasteiger partial charge in [0.1, 0.15) is 11.2 Å². The van der Waals surface area contributed by atoms with Crippen LogP contribution in [0.5, 0.6) is 0 Å². The van der Waals surface area contributed by atoms with E-state index in [1.54, 1.807) is 0 Å². The molecule has 6 unspecified atom stereocenters. The van der Waals surface area contributed by atoms with Crippen molar-refractivity contribution in [2.24, 2.45) is 47.3 Å². The van der Waals surface area contributed by atoms with Crippen LogP contribution in [0.15, 0.2) is 59.8 Å². The van der Waals surface area contributed by atoms with Crippen LogP contribution >= 0.6 is 0 Å². The van der Waals surface area contributed by atoms with Gasteiger partial charge >= 0.3 is 11.9 Å². The minimum Gasteiger partial charge on any atom is -0.451 e. The molecule has 37 heavy (non-hydrogen) atoms. The fourth-order valence-corrected chi connectivity index (χ4v) is 7.31. The predicted octanol–water partition coefficient (Wildman–Crippen LogP) is 7.39. The molecule has 0 aromatic heterocycles. The molecule has 0 aromatic rings. The van der Waals surface area contributed by atoms with Gasteiger partial charge in [-0.2, -0.15) is 0 Å². The largest absolute Gasteiger partial charge is 0.451 e. The van der Waals surface area contributed by atoms with Gasteiger partial charge in [0.15, 0.2) is 0 Å². The van der Waals surface area contributed by atoms with Crippen molar-refractivity contribution in [1.82, 2.24) is 0 Å². The van der Waals surface area contributed by atoms with Gasteiger partial charge in [0.25, 0.3) is 0 Å². The number of rotatable bonds is 8. The molecule has 0 heterocycles. The maximum absolute atomic E-state index is 14.0. The van der Waals surface area contributed by atoms with Gasteiger partial charge in [0.05, 0.1) is 11.1 Å². The molecule has 0 saturated heterocycles. The van der Waals surface area contributed by atoms with Gasteiger partial charge in [0.2, 0.25) is 0 Å². The van der Waals surface area contributed by atoms with Crippen molar-refractivity contribution in [2.75, 3.05) is 0 Å². The van der Waals surface area contributed by atoms with Crippen LogP contribution in [-0.4, -0.2) is 23.1 Å². The van der Waals surface area contributed by atoms with Gasteiger partial charge in [-0.1, -0.05) is 91.8 Å². The van der Waals surface area contributed by atoms with Gasteiger partial charge in [0, 0.05) is 11.8 Å². The van der Waals surface area contributed by atoms with Crippen molar-refractivity contribution >= 4 is 11.9 Å². The third kappa shape index (κ3) is 4.70. The van der Waals surface area contributed by atoms with Gasteiger partial charge in [-0.15, -0.1) is 0 Å². The molecule has 0 radical (unpaired) electrons. The van der Waals surface area contributed by atoms with E-state index in [0.717, 1.165) is 19.3 Å². The molecule has 4 rings (SSSR count). The van der Waals surface area contributed by atoms with Crippen molar-refractivity contribution in [3.63, 3.8) is 0 Å². The molecule has 4 nitrogen and oxygen atoms in total. The number of ether oxygens (including phenoxy) is 2. The number of hydrogen-bond acceptors (Lipinski definition) is 4. The number of carbonyl (C=O) groups is 2. The Balaban J connectivity index is 1.70. The van der Waals surface area contributed by atoms with Crippen LogP contribution in [0, 0.1) is 47.3 Å². The van der Waals surface area contributed by atoms with Crippen molar-refractivity contribution in [1.29, 1.82) is 0 Å². The average Bonchev–Trinajstić information content (AvgIpc) is 3.46. The number of fused-ring (bicyclic) bond motifs is 2. The molecule has 6 atom stereocenters. The Kier molecular flexibility index (Phi) is 7.79. The van der Waals surface area contributed by atoms with Crippen molar-refractivity contribution in [2.45, 2.75) is 85.9 Å². The van der Waals surface area contributed by atoms with Gasteiger partial charge in [-0.25, -0.2) is 9.59 Å². The molecule has 4 aliphatic rings. The van der Waals surface area contributed by atoms with E-state index < -0.39 is 11.2 Å². The SMILES string of the molecule is CC(C)C1C=CC=CC1(OC(=O)C1=C(C(=O)OC2(C(C)C)C=CC=CC2C(C)C)C2CCC1C2)C(C)C. The lowest BCUT2D eigenvalue weighted by Gasteiger charge is -2.44. The van der Waals surface area contributed by atoms with E-state index in [1.165, 1.54) is 0 Å². The topological polar surface area (TPSA) is 52.6 Å². The van der Waals surface area contributed by atoms with Crippen LogP contribution in [0.4, 0.5) is 0 Å². The third-order valence-corrected chi connectivity index (χ3v) is 9.37. The molecule has 1 saturated carbocycles. The summed E-state index contributed by atoms with van der Waals surface area (Å²) in [7, 11) is 0. The van der Waals surface area contributed by atoms with Gasteiger partial charge in [-0.05, 0) is 66.9 Å². The molecule has 0 amide bonds. The van der Waals surface area contributed by atoms with E-state index in [9.17, 15) is 9.59 Å². The van der Waals surface area contributed by atoms with Crippen LogP contribution in [-0.2, 0) is 19.1 Å². The lowest BCUT2D eigenvalue weighted by molar-refractivity contribution is -0.164. The second-order valence-corrected chi connectivity index (χ2v) is 12.9. The summed E-state index contributed by atoms with van der Waals surface area (Å²) in [4.78, 5) is 28.0. The summed E-state index contributed by atoms with van der Waals surface area (Å²) in [5.74, 6) is 0.417. The van der Waals surface area contributed by atoms with Crippen LogP contribution in [0.3, 0.4) is 0 Å². The van der Waals surface area contributed by atoms with Gasteiger partial charge in [-0.3, -0.25) is 0 Å². The lowest BCUT2D eigenvalue weighted by atomic mass is 9.70. The maximum atomic E-state index is 14.0. The zero-order chi connectivity index (χ0) is 27.1. The first kappa shape index (κ1) is 27.7. The quantitative estimate of drug-likeness (QED) is 0.322. The van der Waals surface area contributed by atoms with E-state index >= 15 is 0 Å². The van der Waals surface area contributed by atoms with E-state index in [2.05, 4.69) is 67.5 Å². The molecular weight excluding hydrogens is 460 g/mol. The molecule has 0 spiro atoms. The zero-order valence-corrected chi connectivity index (χ0v) is 24.0. The Bertz CT molecular complexity index is 970. The van der Waals surface area contributed by atoms with Crippen LogP contribution < -0.4 is 0 Å². The van der Waals surface area contributed by atoms with E-state index in [4.69, 9.17) is 9.47 Å². The Morgan fingerprint density at radius 1 is 0.676 bits per heavy atom. The first-order chi connectivity index (χ1) is 17.4. The fraction of sp³-hybridized carbons (Fsp3) is 0.636. The van der Waals surface area contributed by atoms with E-state index in [0.29, 0.717) is 23.0 Å². The van der Waals surface area contributed by atoms with Crippen LogP contribution in [0.1, 0.15) is 74.7 Å². The highest BCUT2D eigenvalue weighted by atomic mass is 16.6. The normalized spacial score (nSPS) is 34.5. The Morgan fingerprint density at radius 2 is 1.05 bits per heavy atom. The predicted molar refractivity (Wildman–Crippen MR) is 148 cm³/mol. The fourth-order valence-electron chi connectivity index (χ4n) is 7.31. The molecule has 0 aliphatic heterocycles. The monoisotopic (exact) mass is 506 g/mol. The number of esters is 2. The molecule has 1 fully saturated rings. The molecule has 0 aromatic carbocycles. The zero-order valence-electron chi connectivity index (χ0n) is 24.0. The summed E-state index contributed by atoms with van der Waals surface area (Å²) in [6.45, 7) is 17.1. The summed E-state index contributed by atoms with van der Waals surface area (Å²) >= 11 is 0. The summed E-state index contributed by atoms with van der Waals surface area (Å²) in [6, 6.07) is 0. The first-order valence-corrected chi connectivity index (χ1v) is 14.4. The summed E-state index contributed by atoms with van der Waals surface area (Å²) in [5.41, 5.74) is -0.324. The summed E-state index contributed by atoms with van der Waals surface area (Å²) in [5, 5.41) is 0. The third-order valence-electron chi connectivity index (χ3n) is 9.37. The molecular formula is C33H46O4. The van der Waals surface area contributed by atoms with Crippen molar-refractivity contribution in [3.8, 4) is 0 Å². The Morgan fingerprint density at radius 3 is 1.38 bits per heavy atom. The Hall–Kier alpha value is -2.36. The number of hydrogen-bond donors (Lipinski definition) is 0. The molecule has 4 aliphatic carbocycles. The minimum absolute atomic E-state index is 0.0718. The lowest BCUT2D eigenvalue weighted by Crippen LogP contribution is -2.49. The smallest absolute Gasteiger partial charge is 0.335 e. The van der Waals surface area contributed by atoms with Crippen molar-refractivity contribution in [3.05, 3.63) is 59.8 Å². The molecule has 2 bridgehead atoms. The summed E-state index contributed by atoms with van der Waals surface area (Å²) < 4.78 is 13.0. The molecule has 4 heteroatoms. The van der Waals surface area contributed by atoms with Crippen LogP contribution in [0.2, 0.25) is 0 Å². The Labute approximate surface area is 223 Å². The minimum atomic E-state index is -0.733. The maximum Gasteiger partial charge on any atom is 0.335 e. The highest BCUT2D eigenvalue weighted by Crippen LogP contribution is 2.52. The first-order valence-electron chi connectivity index (χ1n) is 14.4. The number of carbonyl (C=O) groups excluding carboxylic acids is 2. The highest BCUT2D eigenvalue weighted by molar-refractivity contribution is 6.03. The van der Waals surface area contributed by atoms with E-state index in [1.807, 2.05) is 36.5 Å². The number of allylic oxidation sites excluding steroid dienone is 4. The van der Waals surface area contributed by atoms with Gasteiger partial charge < -0.3 is 9.47 Å². The molecule has 202 valence electrons. The average molecular weight is 507 g/mol. The highest BCUT2D eigenvalue weighted by Gasteiger charge is 2.52. The van der Waals surface area contributed by atoms with Crippen molar-refractivity contribution < 1.29 is 19.1 Å². The summed E-state index contributed by atoms with van der Waals surface area (Å²) in [6.07, 6.45) is 19.2. The second kappa shape index (κ2) is 10.4. The van der Waals surface area contributed by atoms with Crippen LogP contribution in [0.25, 0.3) is 0 Å². The molecule has 0 N–H and O–H groups in total. The van der Waals surface area contributed by atoms with E-state index in [-0.39, 0.29) is 47.4 Å². The standard InChI is InChI=1S/C33H46O4/c1-20(2)26-13-9-11-17-32(26,22(5)6)36-30(34)28-24-15-16-25(19-24)29(28)31(35)37-33(23(7)8)18-12-10-14-27(33)21(3)4/h9-14,17-18,20-27H,15-16,19H2,1-8H3.